The van der Waals surface area contributed by atoms with Crippen LogP contribution in [0.4, 0.5) is 0 Å². The van der Waals surface area contributed by atoms with Crippen LogP contribution in [0.15, 0.2) is 72.9 Å². The van der Waals surface area contributed by atoms with Crippen molar-refractivity contribution < 1.29 is 9.59 Å². The number of fused-ring (bicyclic) bond motifs is 1. The second-order valence-electron chi connectivity index (χ2n) is 7.00. The van der Waals surface area contributed by atoms with Crippen molar-refractivity contribution in [1.82, 2.24) is 10.3 Å². The highest BCUT2D eigenvalue weighted by Gasteiger charge is 2.15. The lowest BCUT2D eigenvalue weighted by molar-refractivity contribution is 0.0953. The van der Waals surface area contributed by atoms with E-state index < -0.39 is 5.91 Å². The van der Waals surface area contributed by atoms with Crippen molar-refractivity contribution in [2.75, 3.05) is 13.1 Å². The van der Waals surface area contributed by atoms with Crippen LogP contribution < -0.4 is 16.8 Å². The normalized spacial score (nSPS) is 10.8. The molecule has 0 radical (unpaired) electrons. The summed E-state index contributed by atoms with van der Waals surface area (Å²) in [4.78, 5) is 27.4. The molecule has 0 saturated heterocycles. The van der Waals surface area contributed by atoms with Crippen LogP contribution in [0.5, 0.6) is 0 Å². The first kappa shape index (κ1) is 19.4. The van der Waals surface area contributed by atoms with Gasteiger partial charge in [-0.1, -0.05) is 42.5 Å². The van der Waals surface area contributed by atoms with Gasteiger partial charge in [0.15, 0.2) is 0 Å². The van der Waals surface area contributed by atoms with Gasteiger partial charge in [0, 0.05) is 35.8 Å². The summed E-state index contributed by atoms with van der Waals surface area (Å²) >= 11 is 0. The fourth-order valence-corrected chi connectivity index (χ4v) is 3.55. The van der Waals surface area contributed by atoms with E-state index in [1.54, 1.807) is 12.1 Å². The summed E-state index contributed by atoms with van der Waals surface area (Å²) in [6.07, 6.45) is 1.86. The molecule has 0 aliphatic rings. The van der Waals surface area contributed by atoms with Crippen molar-refractivity contribution in [2.45, 2.75) is 0 Å². The van der Waals surface area contributed by atoms with E-state index in [0.29, 0.717) is 29.7 Å². The Morgan fingerprint density at radius 1 is 0.900 bits per heavy atom. The van der Waals surface area contributed by atoms with E-state index in [4.69, 9.17) is 11.5 Å². The van der Waals surface area contributed by atoms with Crippen LogP contribution in [0.1, 0.15) is 20.7 Å². The summed E-state index contributed by atoms with van der Waals surface area (Å²) in [5.41, 5.74) is 16.6. The van der Waals surface area contributed by atoms with Crippen LogP contribution in [-0.4, -0.2) is 29.9 Å². The zero-order chi connectivity index (χ0) is 21.1. The number of nitrogens with two attached hydrogens (primary N) is 2. The highest BCUT2D eigenvalue weighted by molar-refractivity contribution is 6.10. The summed E-state index contributed by atoms with van der Waals surface area (Å²) in [6, 6.07) is 21.0. The summed E-state index contributed by atoms with van der Waals surface area (Å²) < 4.78 is 0. The Bertz CT molecular complexity index is 1210. The number of hydrogen-bond acceptors (Lipinski definition) is 3. The molecule has 6 heteroatoms. The minimum absolute atomic E-state index is 0.159. The number of carbonyl (C=O) groups excluding carboxylic acids is 2. The van der Waals surface area contributed by atoms with E-state index in [-0.39, 0.29) is 5.91 Å². The van der Waals surface area contributed by atoms with Gasteiger partial charge in [0.05, 0.1) is 11.1 Å². The number of primary amides is 1. The number of carbonyl (C=O) groups is 2. The quantitative estimate of drug-likeness (QED) is 0.399. The number of H-pyrrole nitrogens is 1. The van der Waals surface area contributed by atoms with Crippen molar-refractivity contribution >= 4 is 22.7 Å². The molecule has 0 aliphatic carbocycles. The van der Waals surface area contributed by atoms with Crippen LogP contribution in [0.3, 0.4) is 0 Å². The molecule has 150 valence electrons. The summed E-state index contributed by atoms with van der Waals surface area (Å²) in [5, 5.41) is 3.65. The lowest BCUT2D eigenvalue weighted by atomic mass is 9.96. The number of rotatable bonds is 6. The zero-order valence-electron chi connectivity index (χ0n) is 16.3. The molecule has 0 unspecified atom stereocenters. The third-order valence-corrected chi connectivity index (χ3v) is 5.05. The fraction of sp³-hybridized carbons (Fsp3) is 0.0833. The second-order valence-corrected chi connectivity index (χ2v) is 7.00. The highest BCUT2D eigenvalue weighted by atomic mass is 16.2. The molecule has 0 spiro atoms. The molecule has 0 aliphatic heterocycles. The molecule has 4 aromatic rings. The van der Waals surface area contributed by atoms with Crippen LogP contribution in [-0.2, 0) is 0 Å². The summed E-state index contributed by atoms with van der Waals surface area (Å²) in [7, 11) is 0. The first-order valence-corrected chi connectivity index (χ1v) is 9.67. The smallest absolute Gasteiger partial charge is 0.251 e. The Balaban J connectivity index is 1.79. The maximum absolute atomic E-state index is 12.1. The number of amides is 2. The highest BCUT2D eigenvalue weighted by Crippen LogP contribution is 2.34. The van der Waals surface area contributed by atoms with Crippen molar-refractivity contribution in [3.8, 4) is 22.3 Å². The average molecular weight is 398 g/mol. The molecule has 0 fully saturated rings. The van der Waals surface area contributed by atoms with E-state index in [2.05, 4.69) is 10.3 Å². The molecule has 0 bridgehead atoms. The second kappa shape index (κ2) is 8.23. The standard InChI is InChI=1S/C24H22N4O2/c25-10-11-27-24(30)17-8-6-16(7-9-17)21-14-28-22-19(21)12-18(13-20(22)23(26)29)15-4-2-1-3-5-15/h1-9,12-14,28H,10-11,25H2,(H2,26,29)(H,27,30). The Kier molecular flexibility index (Phi) is 5.32. The fourth-order valence-electron chi connectivity index (χ4n) is 3.55. The van der Waals surface area contributed by atoms with Gasteiger partial charge in [-0.25, -0.2) is 0 Å². The summed E-state index contributed by atoms with van der Waals surface area (Å²) in [5.74, 6) is -0.647. The van der Waals surface area contributed by atoms with Crippen LogP contribution in [0, 0.1) is 0 Å². The Labute approximate surface area is 173 Å². The number of nitrogens with one attached hydrogen (secondary N) is 2. The topological polar surface area (TPSA) is 114 Å². The molecule has 1 heterocycles. The molecule has 2 amide bonds. The largest absolute Gasteiger partial charge is 0.366 e. The first-order chi connectivity index (χ1) is 14.6. The minimum Gasteiger partial charge on any atom is -0.366 e. The lowest BCUT2D eigenvalue weighted by Gasteiger charge is -2.08. The van der Waals surface area contributed by atoms with Crippen LogP contribution in [0.2, 0.25) is 0 Å². The third-order valence-electron chi connectivity index (χ3n) is 5.05. The van der Waals surface area contributed by atoms with Gasteiger partial charge in [-0.05, 0) is 41.0 Å². The molecule has 1 aromatic heterocycles. The Morgan fingerprint density at radius 2 is 1.63 bits per heavy atom. The van der Waals surface area contributed by atoms with Gasteiger partial charge in [0.2, 0.25) is 0 Å². The van der Waals surface area contributed by atoms with E-state index in [1.165, 1.54) is 0 Å². The van der Waals surface area contributed by atoms with E-state index in [9.17, 15) is 9.59 Å². The van der Waals surface area contributed by atoms with Gasteiger partial charge in [0.25, 0.3) is 11.8 Å². The van der Waals surface area contributed by atoms with Gasteiger partial charge in [-0.3, -0.25) is 9.59 Å². The first-order valence-electron chi connectivity index (χ1n) is 9.67. The van der Waals surface area contributed by atoms with E-state index in [1.807, 2.05) is 60.8 Å². The van der Waals surface area contributed by atoms with Gasteiger partial charge in [-0.15, -0.1) is 0 Å². The molecule has 0 atom stereocenters. The monoisotopic (exact) mass is 398 g/mol. The zero-order valence-corrected chi connectivity index (χ0v) is 16.3. The lowest BCUT2D eigenvalue weighted by Crippen LogP contribution is -2.28. The third kappa shape index (κ3) is 3.68. The Hall–Kier alpha value is -3.90. The predicted octanol–water partition coefficient (Wildman–Crippen LogP) is 3.29. The molecule has 3 aromatic carbocycles. The van der Waals surface area contributed by atoms with Gasteiger partial charge < -0.3 is 21.8 Å². The molecule has 6 N–H and O–H groups in total. The predicted molar refractivity (Wildman–Crippen MR) is 119 cm³/mol. The molecule has 6 nitrogen and oxygen atoms in total. The van der Waals surface area contributed by atoms with Crippen molar-refractivity contribution in [3.05, 3.63) is 84.1 Å². The minimum atomic E-state index is -0.488. The van der Waals surface area contributed by atoms with Crippen molar-refractivity contribution in [3.63, 3.8) is 0 Å². The van der Waals surface area contributed by atoms with E-state index >= 15 is 0 Å². The van der Waals surface area contributed by atoms with Crippen molar-refractivity contribution in [2.24, 2.45) is 11.5 Å². The van der Waals surface area contributed by atoms with Gasteiger partial charge in [-0.2, -0.15) is 0 Å². The SMILES string of the molecule is NCCNC(=O)c1ccc(-c2c[nH]c3c(C(N)=O)cc(-c4ccccc4)cc23)cc1. The molecule has 4 rings (SSSR count). The molecular formula is C24H22N4O2. The van der Waals surface area contributed by atoms with Gasteiger partial charge >= 0.3 is 0 Å². The molecule has 30 heavy (non-hydrogen) atoms. The Morgan fingerprint density at radius 3 is 2.30 bits per heavy atom. The van der Waals surface area contributed by atoms with E-state index in [0.717, 1.165) is 27.6 Å². The number of aromatic amines is 1. The van der Waals surface area contributed by atoms with Crippen LogP contribution in [0.25, 0.3) is 33.2 Å². The maximum Gasteiger partial charge on any atom is 0.251 e. The average Bonchev–Trinajstić information content (AvgIpc) is 3.21. The number of aromatic nitrogens is 1. The van der Waals surface area contributed by atoms with Crippen molar-refractivity contribution in [1.29, 1.82) is 0 Å². The summed E-state index contributed by atoms with van der Waals surface area (Å²) in [6.45, 7) is 0.826. The van der Waals surface area contributed by atoms with Crippen LogP contribution >= 0.6 is 0 Å². The van der Waals surface area contributed by atoms with Gasteiger partial charge in [0.1, 0.15) is 0 Å². The maximum atomic E-state index is 12.1. The number of hydrogen-bond donors (Lipinski definition) is 4. The molecular weight excluding hydrogens is 376 g/mol. The number of benzene rings is 3. The molecule has 0 saturated carbocycles.